The summed E-state index contributed by atoms with van der Waals surface area (Å²) in [5.74, 6) is 0.622. The molecule has 0 spiro atoms. The topological polar surface area (TPSA) is 109 Å². The van der Waals surface area contributed by atoms with Crippen LogP contribution in [0.15, 0.2) is 101 Å². The van der Waals surface area contributed by atoms with Gasteiger partial charge in [0.2, 0.25) is 10.0 Å². The van der Waals surface area contributed by atoms with Gasteiger partial charge in [-0.25, -0.2) is 22.9 Å². The maximum absolute atomic E-state index is 11.6. The zero-order valence-corrected chi connectivity index (χ0v) is 17.0. The lowest BCUT2D eigenvalue weighted by Gasteiger charge is -2.07. The number of para-hydroxylation sites is 1. The molecule has 0 saturated carbocycles. The maximum atomic E-state index is 11.6. The van der Waals surface area contributed by atoms with Gasteiger partial charge in [0, 0.05) is 11.8 Å². The van der Waals surface area contributed by atoms with E-state index in [1.165, 1.54) is 12.1 Å². The van der Waals surface area contributed by atoms with Gasteiger partial charge < -0.3 is 4.42 Å². The summed E-state index contributed by atoms with van der Waals surface area (Å²) in [7, 11) is -3.78. The SMILES string of the molecule is NS(=O)(=O)c1ccc(-n2nc(-c3ccco3)cc2-c2cnn(-c3ccccc3)c2)cc1. The van der Waals surface area contributed by atoms with Crippen molar-refractivity contribution in [3.8, 4) is 34.1 Å². The second-order valence-corrected chi connectivity index (χ2v) is 8.41. The number of aromatic nitrogens is 4. The van der Waals surface area contributed by atoms with E-state index in [1.807, 2.05) is 48.7 Å². The van der Waals surface area contributed by atoms with Crippen LogP contribution in [0.4, 0.5) is 0 Å². The number of rotatable bonds is 5. The molecule has 0 unspecified atom stereocenters. The van der Waals surface area contributed by atoms with Crippen molar-refractivity contribution in [3.63, 3.8) is 0 Å². The van der Waals surface area contributed by atoms with E-state index in [0.29, 0.717) is 17.1 Å². The molecule has 0 bridgehead atoms. The molecule has 0 aliphatic rings. The van der Waals surface area contributed by atoms with E-state index in [-0.39, 0.29) is 4.90 Å². The largest absolute Gasteiger partial charge is 0.463 e. The molecule has 0 saturated heterocycles. The van der Waals surface area contributed by atoms with Crippen molar-refractivity contribution in [3.05, 3.63) is 91.5 Å². The third kappa shape index (κ3) is 3.67. The van der Waals surface area contributed by atoms with E-state index < -0.39 is 10.0 Å². The summed E-state index contributed by atoms with van der Waals surface area (Å²) in [4.78, 5) is 0.0353. The summed E-state index contributed by atoms with van der Waals surface area (Å²) in [5.41, 5.74) is 3.86. The normalized spacial score (nSPS) is 11.6. The standard InChI is InChI=1S/C22H17N5O3S/c23-31(28,29)19-10-8-18(9-11-19)27-21(13-20(25-27)22-7-4-12-30-22)16-14-24-26(15-16)17-5-2-1-3-6-17/h1-15H,(H2,23,28,29). The van der Waals surface area contributed by atoms with Gasteiger partial charge >= 0.3 is 0 Å². The highest BCUT2D eigenvalue weighted by molar-refractivity contribution is 7.89. The Morgan fingerprint density at radius 1 is 0.903 bits per heavy atom. The smallest absolute Gasteiger partial charge is 0.238 e. The number of furan rings is 1. The van der Waals surface area contributed by atoms with Gasteiger partial charge in [-0.2, -0.15) is 10.2 Å². The Kier molecular flexibility index (Phi) is 4.54. The molecule has 0 aliphatic heterocycles. The quantitative estimate of drug-likeness (QED) is 0.457. The van der Waals surface area contributed by atoms with Crippen molar-refractivity contribution < 1.29 is 12.8 Å². The van der Waals surface area contributed by atoms with Gasteiger partial charge in [-0.15, -0.1) is 0 Å². The van der Waals surface area contributed by atoms with E-state index in [1.54, 1.807) is 40.0 Å². The first-order chi connectivity index (χ1) is 15.0. The summed E-state index contributed by atoms with van der Waals surface area (Å²) in [6, 6.07) is 21.5. The van der Waals surface area contributed by atoms with Crippen molar-refractivity contribution in [2.24, 2.45) is 5.14 Å². The molecular formula is C22H17N5O3S. The summed E-state index contributed by atoms with van der Waals surface area (Å²) in [6.07, 6.45) is 5.25. The van der Waals surface area contributed by atoms with Gasteiger partial charge in [-0.05, 0) is 54.6 Å². The zero-order chi connectivity index (χ0) is 21.4. The van der Waals surface area contributed by atoms with Gasteiger partial charge in [0.1, 0.15) is 5.69 Å². The summed E-state index contributed by atoms with van der Waals surface area (Å²) in [5, 5.41) is 14.4. The highest BCUT2D eigenvalue weighted by Crippen LogP contribution is 2.29. The summed E-state index contributed by atoms with van der Waals surface area (Å²) < 4.78 is 32.2. The average molecular weight is 431 g/mol. The monoisotopic (exact) mass is 431 g/mol. The lowest BCUT2D eigenvalue weighted by atomic mass is 10.2. The molecule has 31 heavy (non-hydrogen) atoms. The van der Waals surface area contributed by atoms with Crippen LogP contribution in [-0.2, 0) is 10.0 Å². The number of hydrogen-bond donors (Lipinski definition) is 1. The van der Waals surface area contributed by atoms with E-state index >= 15 is 0 Å². The summed E-state index contributed by atoms with van der Waals surface area (Å²) in [6.45, 7) is 0. The molecule has 8 nitrogen and oxygen atoms in total. The highest BCUT2D eigenvalue weighted by atomic mass is 32.2. The number of benzene rings is 2. The van der Waals surface area contributed by atoms with Crippen LogP contribution in [0.2, 0.25) is 0 Å². The predicted molar refractivity (Wildman–Crippen MR) is 115 cm³/mol. The molecule has 0 aliphatic carbocycles. The minimum absolute atomic E-state index is 0.0353. The maximum Gasteiger partial charge on any atom is 0.238 e. The van der Waals surface area contributed by atoms with Gasteiger partial charge in [0.15, 0.2) is 5.76 Å². The molecule has 154 valence electrons. The lowest BCUT2D eigenvalue weighted by Crippen LogP contribution is -2.12. The van der Waals surface area contributed by atoms with Crippen molar-refractivity contribution in [2.75, 3.05) is 0 Å². The fourth-order valence-electron chi connectivity index (χ4n) is 3.28. The predicted octanol–water partition coefficient (Wildman–Crippen LogP) is 3.63. The van der Waals surface area contributed by atoms with Crippen LogP contribution in [0.1, 0.15) is 0 Å². The van der Waals surface area contributed by atoms with Gasteiger partial charge in [-0.3, -0.25) is 0 Å². The van der Waals surface area contributed by atoms with Crippen LogP contribution in [0.5, 0.6) is 0 Å². The molecule has 0 radical (unpaired) electrons. The molecule has 3 aromatic heterocycles. The number of primary sulfonamides is 1. The fourth-order valence-corrected chi connectivity index (χ4v) is 3.80. The number of nitrogens with zero attached hydrogens (tertiary/aromatic N) is 4. The number of hydrogen-bond acceptors (Lipinski definition) is 5. The molecule has 5 aromatic rings. The Hall–Kier alpha value is -3.95. The van der Waals surface area contributed by atoms with E-state index in [0.717, 1.165) is 16.9 Å². The second kappa shape index (κ2) is 7.38. The van der Waals surface area contributed by atoms with Crippen LogP contribution in [-0.4, -0.2) is 28.0 Å². The molecule has 0 amide bonds. The molecule has 0 atom stereocenters. The fraction of sp³-hybridized carbons (Fsp3) is 0. The van der Waals surface area contributed by atoms with E-state index in [9.17, 15) is 8.42 Å². The van der Waals surface area contributed by atoms with Crippen LogP contribution < -0.4 is 5.14 Å². The van der Waals surface area contributed by atoms with Crippen molar-refractivity contribution in [1.29, 1.82) is 0 Å². The Morgan fingerprint density at radius 2 is 1.68 bits per heavy atom. The van der Waals surface area contributed by atoms with E-state index in [4.69, 9.17) is 9.56 Å². The first-order valence-electron chi connectivity index (χ1n) is 9.37. The first kappa shape index (κ1) is 19.0. The van der Waals surface area contributed by atoms with Crippen LogP contribution in [0.3, 0.4) is 0 Å². The second-order valence-electron chi connectivity index (χ2n) is 6.85. The van der Waals surface area contributed by atoms with Crippen LogP contribution in [0.25, 0.3) is 34.1 Å². The molecule has 2 N–H and O–H groups in total. The minimum atomic E-state index is -3.78. The Labute approximate surface area is 178 Å². The zero-order valence-electron chi connectivity index (χ0n) is 16.2. The highest BCUT2D eigenvalue weighted by Gasteiger charge is 2.17. The first-order valence-corrected chi connectivity index (χ1v) is 10.9. The molecular weight excluding hydrogens is 414 g/mol. The Bertz CT molecular complexity index is 1430. The molecule has 5 rings (SSSR count). The number of nitrogens with two attached hydrogens (primary N) is 1. The number of sulfonamides is 1. The summed E-state index contributed by atoms with van der Waals surface area (Å²) >= 11 is 0. The minimum Gasteiger partial charge on any atom is -0.463 e. The molecule has 9 heteroatoms. The van der Waals surface area contributed by atoms with Gasteiger partial charge in [-0.1, -0.05) is 18.2 Å². The molecule has 2 aromatic carbocycles. The Morgan fingerprint density at radius 3 is 2.35 bits per heavy atom. The van der Waals surface area contributed by atoms with Crippen molar-refractivity contribution >= 4 is 10.0 Å². The van der Waals surface area contributed by atoms with Gasteiger partial charge in [0.25, 0.3) is 0 Å². The van der Waals surface area contributed by atoms with E-state index in [2.05, 4.69) is 10.2 Å². The van der Waals surface area contributed by atoms with Crippen LogP contribution in [0, 0.1) is 0 Å². The Balaban J connectivity index is 1.62. The average Bonchev–Trinajstić information content (AvgIpc) is 3.54. The van der Waals surface area contributed by atoms with Crippen molar-refractivity contribution in [1.82, 2.24) is 19.6 Å². The van der Waals surface area contributed by atoms with Crippen LogP contribution >= 0.6 is 0 Å². The van der Waals surface area contributed by atoms with Gasteiger partial charge in [0.05, 0.1) is 34.4 Å². The third-order valence-corrected chi connectivity index (χ3v) is 5.72. The third-order valence-electron chi connectivity index (χ3n) is 4.79. The lowest BCUT2D eigenvalue weighted by molar-refractivity contribution is 0.579. The molecule has 0 fully saturated rings. The molecule has 3 heterocycles. The van der Waals surface area contributed by atoms with Crippen molar-refractivity contribution in [2.45, 2.75) is 4.90 Å².